The number of carbonyl (C=O) groups excluding carboxylic acids is 3. The Morgan fingerprint density at radius 2 is 0.594 bits per heavy atom. The van der Waals surface area contributed by atoms with Crippen LogP contribution in [0.3, 0.4) is 0 Å². The van der Waals surface area contributed by atoms with Crippen LogP contribution in [-0.2, 0) is 35.4 Å². The van der Waals surface area contributed by atoms with Gasteiger partial charge in [0.2, 0.25) is 35.1 Å². The van der Waals surface area contributed by atoms with Crippen LogP contribution < -0.4 is 45.6 Å². The number of anilines is 3. The topological polar surface area (TPSA) is 221 Å². The molecule has 3 heterocycles. The average Bonchev–Trinajstić information content (AvgIpc) is 0.790. The lowest BCUT2D eigenvalue weighted by Crippen LogP contribution is -2.34. The SMILES string of the molecule is C.C.C.CCOC(=O)c1nc(N(C)C(c2ccccc2)c2ccccc2Cl)n(C)c(=O)c1OC.CCOC(=O)c1nc(N(C)C(c2ccccc2)c2ccccc2Cl)n(C)c(=O)c1OC.CCOC(=O)c1nc(N(C)C(c2ccccc2)c2ccccc2Cl)n(C)c(=O)c1OC. The van der Waals surface area contributed by atoms with E-state index in [1.807, 2.05) is 164 Å². The van der Waals surface area contributed by atoms with Gasteiger partial charge in [0.05, 0.1) is 59.3 Å². The Morgan fingerprint density at radius 3 is 0.792 bits per heavy atom. The normalized spacial score (nSPS) is 11.3. The van der Waals surface area contributed by atoms with Gasteiger partial charge in [0.15, 0.2) is 17.1 Å². The number of esters is 3. The number of rotatable bonds is 21. The lowest BCUT2D eigenvalue weighted by Gasteiger charge is -2.31. The van der Waals surface area contributed by atoms with Crippen molar-refractivity contribution >= 4 is 70.6 Å². The first-order valence-corrected chi connectivity index (χ1v) is 30.4. The second kappa shape index (κ2) is 36.6. The molecule has 0 aliphatic carbocycles. The zero-order chi connectivity index (χ0) is 67.6. The Kier molecular flexibility index (Phi) is 30.0. The predicted molar refractivity (Wildman–Crippen MR) is 381 cm³/mol. The summed E-state index contributed by atoms with van der Waals surface area (Å²) in [6.45, 7) is 5.49. The molecule has 0 bridgehead atoms. The number of methoxy groups -OCH3 is 3. The highest BCUT2D eigenvalue weighted by Crippen LogP contribution is 2.38. The molecule has 24 heteroatoms. The minimum atomic E-state index is -0.722. The summed E-state index contributed by atoms with van der Waals surface area (Å²) < 4.78 is 34.8. The van der Waals surface area contributed by atoms with Gasteiger partial charge in [0, 0.05) is 57.4 Å². The van der Waals surface area contributed by atoms with Crippen molar-refractivity contribution in [1.82, 2.24) is 28.7 Å². The van der Waals surface area contributed by atoms with E-state index in [4.69, 9.17) is 63.2 Å². The lowest BCUT2D eigenvalue weighted by molar-refractivity contribution is 0.0505. The fourth-order valence-electron chi connectivity index (χ4n) is 10.4. The van der Waals surface area contributed by atoms with E-state index in [0.29, 0.717) is 15.1 Å². The van der Waals surface area contributed by atoms with Gasteiger partial charge < -0.3 is 43.1 Å². The molecule has 0 spiro atoms. The van der Waals surface area contributed by atoms with Gasteiger partial charge >= 0.3 is 17.9 Å². The molecule has 0 saturated heterocycles. The molecule has 0 amide bonds. The Labute approximate surface area is 575 Å². The van der Waals surface area contributed by atoms with Gasteiger partial charge in [-0.2, -0.15) is 0 Å². The number of aromatic nitrogens is 6. The largest absolute Gasteiger partial charge is 0.489 e. The van der Waals surface area contributed by atoms with Gasteiger partial charge in [0.1, 0.15) is 0 Å². The minimum Gasteiger partial charge on any atom is -0.489 e. The van der Waals surface area contributed by atoms with Crippen molar-refractivity contribution in [2.45, 2.75) is 61.2 Å². The van der Waals surface area contributed by atoms with E-state index in [1.54, 1.807) is 77.8 Å². The van der Waals surface area contributed by atoms with Gasteiger partial charge in [-0.05, 0) is 72.4 Å². The third kappa shape index (κ3) is 17.5. The standard InChI is InChI=1S/3C23H24ClN3O4.3CH4/c3*1-5-31-22(29)18-20(30-4)21(28)27(3)23(25-18)26(2)19(15-11-7-6-8-12-15)16-13-9-10-14-17(16)24;;;/h3*6-14,19H,5H2,1-4H3;3*1H4. The van der Waals surface area contributed by atoms with Crippen molar-refractivity contribution in [2.24, 2.45) is 21.1 Å². The number of halogens is 3. The Bertz CT molecular complexity index is 3820. The third-order valence-corrected chi connectivity index (χ3v) is 15.8. The number of nitrogens with zero attached hydrogens (tertiary/aromatic N) is 9. The molecule has 0 fully saturated rings. The third-order valence-electron chi connectivity index (χ3n) is 14.7. The van der Waals surface area contributed by atoms with Gasteiger partial charge in [-0.3, -0.25) is 28.1 Å². The molecule has 6 aromatic carbocycles. The molecular weight excluding hydrogens is 1290 g/mol. The van der Waals surface area contributed by atoms with Crippen LogP contribution in [0, 0.1) is 0 Å². The van der Waals surface area contributed by atoms with Gasteiger partial charge in [0.25, 0.3) is 16.7 Å². The highest BCUT2D eigenvalue weighted by molar-refractivity contribution is 6.32. The van der Waals surface area contributed by atoms with E-state index >= 15 is 0 Å². The highest BCUT2D eigenvalue weighted by atomic mass is 35.5. The van der Waals surface area contributed by atoms with Crippen LogP contribution in [0.5, 0.6) is 17.2 Å². The van der Waals surface area contributed by atoms with Gasteiger partial charge in [-0.15, -0.1) is 0 Å². The maximum absolute atomic E-state index is 13.0. The van der Waals surface area contributed by atoms with Gasteiger partial charge in [-0.1, -0.05) is 203 Å². The van der Waals surface area contributed by atoms with Crippen LogP contribution in [0.2, 0.25) is 15.1 Å². The number of hydrogen-bond acceptors (Lipinski definition) is 18. The molecule has 510 valence electrons. The molecule has 9 rings (SSSR count). The van der Waals surface area contributed by atoms with Crippen LogP contribution in [0.4, 0.5) is 17.8 Å². The maximum Gasteiger partial charge on any atom is 0.361 e. The van der Waals surface area contributed by atoms with E-state index in [0.717, 1.165) is 33.4 Å². The molecular formula is C72H84Cl3N9O12. The molecule has 0 radical (unpaired) electrons. The summed E-state index contributed by atoms with van der Waals surface area (Å²) in [7, 11) is 14.1. The Hall–Kier alpha value is -9.96. The quantitative estimate of drug-likeness (QED) is 0.0482. The summed E-state index contributed by atoms with van der Waals surface area (Å²) in [5.74, 6) is -1.85. The second-order valence-electron chi connectivity index (χ2n) is 20.5. The molecule has 96 heavy (non-hydrogen) atoms. The first kappa shape index (κ1) is 78.5. The van der Waals surface area contributed by atoms with Crippen LogP contribution in [0.15, 0.2) is 178 Å². The van der Waals surface area contributed by atoms with E-state index in [2.05, 4.69) is 15.0 Å². The van der Waals surface area contributed by atoms with Crippen LogP contribution >= 0.6 is 34.8 Å². The van der Waals surface area contributed by atoms with Crippen molar-refractivity contribution in [1.29, 1.82) is 0 Å². The maximum atomic E-state index is 13.0. The summed E-state index contributed by atoms with van der Waals surface area (Å²) in [6.07, 6.45) is 0. The van der Waals surface area contributed by atoms with Crippen molar-refractivity contribution in [3.05, 3.63) is 260 Å². The monoisotopic (exact) mass is 1370 g/mol. The number of carbonyl (C=O) groups is 3. The molecule has 3 unspecified atom stereocenters. The summed E-state index contributed by atoms with van der Waals surface area (Å²) in [6, 6.07) is 50.5. The first-order chi connectivity index (χ1) is 44.7. The van der Waals surface area contributed by atoms with E-state index < -0.39 is 34.6 Å². The molecule has 3 aromatic heterocycles. The van der Waals surface area contributed by atoms with Crippen molar-refractivity contribution in [3.8, 4) is 17.2 Å². The van der Waals surface area contributed by atoms with E-state index in [-0.39, 0.29) is 112 Å². The fraction of sp³-hybridized carbons (Fsp3) is 0.292. The smallest absolute Gasteiger partial charge is 0.361 e. The molecule has 0 N–H and O–H groups in total. The fourth-order valence-corrected chi connectivity index (χ4v) is 11.1. The minimum absolute atomic E-state index is 0. The van der Waals surface area contributed by atoms with Crippen molar-refractivity contribution in [3.63, 3.8) is 0 Å². The van der Waals surface area contributed by atoms with Gasteiger partial charge in [-0.25, -0.2) is 29.3 Å². The second-order valence-corrected chi connectivity index (χ2v) is 21.7. The first-order valence-electron chi connectivity index (χ1n) is 29.2. The molecule has 0 saturated carbocycles. The van der Waals surface area contributed by atoms with Crippen LogP contribution in [0.1, 0.15) is 126 Å². The van der Waals surface area contributed by atoms with Crippen molar-refractivity contribution in [2.75, 3.05) is 77.0 Å². The van der Waals surface area contributed by atoms with E-state index in [9.17, 15) is 28.8 Å². The van der Waals surface area contributed by atoms with Crippen LogP contribution in [0.25, 0.3) is 0 Å². The van der Waals surface area contributed by atoms with Crippen LogP contribution in [-0.4, -0.2) is 109 Å². The number of ether oxygens (including phenoxy) is 6. The summed E-state index contributed by atoms with van der Waals surface area (Å²) in [5.41, 5.74) is 3.36. The lowest BCUT2D eigenvalue weighted by atomic mass is 9.97. The number of hydrogen-bond donors (Lipinski definition) is 0. The Balaban J connectivity index is 0.000000302. The predicted octanol–water partition coefficient (Wildman–Crippen LogP) is 13.4. The molecule has 0 aliphatic rings. The molecule has 9 aromatic rings. The highest BCUT2D eigenvalue weighted by Gasteiger charge is 2.33. The molecule has 21 nitrogen and oxygen atoms in total. The zero-order valence-electron chi connectivity index (χ0n) is 53.5. The Morgan fingerprint density at radius 1 is 0.385 bits per heavy atom. The molecule has 3 atom stereocenters. The summed E-state index contributed by atoms with van der Waals surface area (Å²) >= 11 is 19.6. The van der Waals surface area contributed by atoms with Crippen molar-refractivity contribution < 1.29 is 42.8 Å². The summed E-state index contributed by atoms with van der Waals surface area (Å²) in [5, 5.41) is 1.73. The average molecular weight is 1370 g/mol. The number of benzene rings is 6. The van der Waals surface area contributed by atoms with E-state index in [1.165, 1.54) is 35.0 Å². The summed E-state index contributed by atoms with van der Waals surface area (Å²) in [4.78, 5) is 95.1. The molecule has 0 aliphatic heterocycles. The zero-order valence-corrected chi connectivity index (χ0v) is 55.8.